The molecule has 0 saturated carbocycles. The van der Waals surface area contributed by atoms with Crippen LogP contribution in [0.3, 0.4) is 0 Å². The molecule has 0 aliphatic heterocycles. The van der Waals surface area contributed by atoms with E-state index in [0.29, 0.717) is 0 Å². The molecule has 103 valence electrons. The highest BCUT2D eigenvalue weighted by Gasteiger charge is 2.25. The molecule has 0 saturated heterocycles. The Balaban J connectivity index is 2.55. The van der Waals surface area contributed by atoms with E-state index in [1.54, 1.807) is 13.8 Å². The summed E-state index contributed by atoms with van der Waals surface area (Å²) in [5.74, 6) is -0.605. The molecule has 0 heterocycles. The van der Waals surface area contributed by atoms with Crippen LogP contribution in [0.5, 0.6) is 0 Å². The molecule has 1 amide bonds. The van der Waals surface area contributed by atoms with Crippen molar-refractivity contribution in [3.05, 3.63) is 43.0 Å². The molecule has 0 spiro atoms. The molecule has 0 fully saturated rings. The topological polar surface area (TPSA) is 64.6 Å². The predicted molar refractivity (Wildman–Crippen MR) is 69.8 cm³/mol. The lowest BCUT2D eigenvalue weighted by Gasteiger charge is -2.19. The van der Waals surface area contributed by atoms with Gasteiger partial charge in [-0.1, -0.05) is 44.2 Å². The van der Waals surface area contributed by atoms with Gasteiger partial charge in [0.1, 0.15) is 19.8 Å². The molecule has 5 nitrogen and oxygen atoms in total. The normalized spacial score (nSPS) is 11.8. The number of alkyl carbamates (subject to hydrolysis) is 1. The van der Waals surface area contributed by atoms with E-state index in [9.17, 15) is 9.59 Å². The number of carbonyl (C=O) groups excluding carboxylic acids is 2. The lowest BCUT2D eigenvalue weighted by atomic mass is 10.1. The fraction of sp³-hybridized carbons (Fsp3) is 0.357. The van der Waals surface area contributed by atoms with Gasteiger partial charge >= 0.3 is 12.1 Å². The Hall–Kier alpha value is -2.04. The van der Waals surface area contributed by atoms with Crippen LogP contribution in [0.25, 0.3) is 0 Å². The first-order valence-corrected chi connectivity index (χ1v) is 5.97. The van der Waals surface area contributed by atoms with Crippen LogP contribution in [0.1, 0.15) is 19.4 Å². The fourth-order valence-corrected chi connectivity index (χ4v) is 1.48. The van der Waals surface area contributed by atoms with E-state index in [2.05, 4.69) is 17.2 Å². The molecule has 1 N–H and O–H groups in total. The Kier molecular flexibility index (Phi) is 5.85. The molecule has 1 rings (SSSR count). The minimum Gasteiger partial charge on any atom is -0.459 e. The lowest BCUT2D eigenvalue weighted by Crippen LogP contribution is -2.45. The third-order valence-corrected chi connectivity index (χ3v) is 2.55. The van der Waals surface area contributed by atoms with Crippen LogP contribution >= 0.6 is 0 Å². The van der Waals surface area contributed by atoms with E-state index in [1.165, 1.54) is 0 Å². The summed E-state index contributed by atoms with van der Waals surface area (Å²) in [5, 5.41) is 2.40. The van der Waals surface area contributed by atoms with Gasteiger partial charge in [-0.25, -0.2) is 9.59 Å². The largest absolute Gasteiger partial charge is 0.459 e. The van der Waals surface area contributed by atoms with Gasteiger partial charge in [-0.15, -0.1) is 0 Å². The number of esters is 1. The van der Waals surface area contributed by atoms with Crippen LogP contribution in [0.2, 0.25) is 0 Å². The standard InChI is InChI=1S/C14H18NO4/c1-10(2)12(15-14(17)18-3)13(16)19-9-11-7-5-4-6-8-11/h4-8,10,12H,3,9H2,1-2H3,(H,15,17). The summed E-state index contributed by atoms with van der Waals surface area (Å²) in [6, 6.07) is 8.57. The maximum atomic E-state index is 11.9. The third kappa shape index (κ3) is 4.99. The zero-order valence-electron chi connectivity index (χ0n) is 11.1. The molecule has 19 heavy (non-hydrogen) atoms. The molecule has 1 radical (unpaired) electrons. The molecule has 0 aromatic heterocycles. The number of nitrogens with one attached hydrogen (secondary N) is 1. The summed E-state index contributed by atoms with van der Waals surface area (Å²) in [6.07, 6.45) is -0.754. The number of ether oxygens (including phenoxy) is 2. The highest BCUT2D eigenvalue weighted by Crippen LogP contribution is 2.07. The molecular weight excluding hydrogens is 246 g/mol. The first-order chi connectivity index (χ1) is 9.04. The molecule has 1 aromatic carbocycles. The Morgan fingerprint density at radius 3 is 2.42 bits per heavy atom. The molecule has 1 atom stereocenters. The molecule has 0 aliphatic rings. The van der Waals surface area contributed by atoms with Gasteiger partial charge in [-0.2, -0.15) is 0 Å². The summed E-state index contributed by atoms with van der Waals surface area (Å²) in [7, 11) is 2.99. The highest BCUT2D eigenvalue weighted by molar-refractivity contribution is 5.81. The van der Waals surface area contributed by atoms with Crippen molar-refractivity contribution in [2.45, 2.75) is 26.5 Å². The van der Waals surface area contributed by atoms with Crippen LogP contribution in [0.4, 0.5) is 4.79 Å². The zero-order chi connectivity index (χ0) is 14.3. The number of hydrogen-bond donors (Lipinski definition) is 1. The molecule has 1 aromatic rings. The Morgan fingerprint density at radius 2 is 1.89 bits per heavy atom. The van der Waals surface area contributed by atoms with E-state index in [0.717, 1.165) is 5.56 Å². The van der Waals surface area contributed by atoms with E-state index < -0.39 is 18.1 Å². The second kappa shape index (κ2) is 7.41. The van der Waals surface area contributed by atoms with Gasteiger partial charge in [0.05, 0.1) is 0 Å². The number of rotatable bonds is 5. The fourth-order valence-electron chi connectivity index (χ4n) is 1.48. The molecular formula is C14H18NO4. The Bertz CT molecular complexity index is 417. The van der Waals surface area contributed by atoms with Gasteiger partial charge in [0.15, 0.2) is 0 Å². The van der Waals surface area contributed by atoms with Crippen molar-refractivity contribution >= 4 is 12.1 Å². The number of carbonyl (C=O) groups is 2. The first-order valence-electron chi connectivity index (χ1n) is 5.97. The number of benzene rings is 1. The van der Waals surface area contributed by atoms with Gasteiger partial charge in [-0.05, 0) is 11.5 Å². The molecule has 1 unspecified atom stereocenters. The lowest BCUT2D eigenvalue weighted by molar-refractivity contribution is -0.148. The average Bonchev–Trinajstić information content (AvgIpc) is 2.42. The summed E-state index contributed by atoms with van der Waals surface area (Å²) >= 11 is 0. The van der Waals surface area contributed by atoms with Gasteiger partial charge in [-0.3, -0.25) is 0 Å². The SMILES string of the molecule is [CH2]OC(=O)NC(C(=O)OCc1ccccc1)C(C)C. The van der Waals surface area contributed by atoms with Crippen molar-refractivity contribution in [2.75, 3.05) is 0 Å². The Morgan fingerprint density at radius 1 is 1.26 bits per heavy atom. The van der Waals surface area contributed by atoms with Crippen LogP contribution < -0.4 is 5.32 Å². The second-order valence-electron chi connectivity index (χ2n) is 4.39. The molecule has 0 bridgehead atoms. The van der Waals surface area contributed by atoms with Crippen molar-refractivity contribution in [1.29, 1.82) is 0 Å². The van der Waals surface area contributed by atoms with Crippen molar-refractivity contribution < 1.29 is 19.1 Å². The van der Waals surface area contributed by atoms with Crippen LogP contribution in [0, 0.1) is 13.0 Å². The zero-order valence-corrected chi connectivity index (χ0v) is 11.1. The minimum atomic E-state index is -0.754. The van der Waals surface area contributed by atoms with Gasteiger partial charge < -0.3 is 14.8 Å². The quantitative estimate of drug-likeness (QED) is 0.829. The summed E-state index contributed by atoms with van der Waals surface area (Å²) in [6.45, 7) is 3.78. The van der Waals surface area contributed by atoms with Crippen molar-refractivity contribution in [3.63, 3.8) is 0 Å². The Labute approximate surface area is 112 Å². The first kappa shape index (κ1) is 15.0. The third-order valence-electron chi connectivity index (χ3n) is 2.55. The minimum absolute atomic E-state index is 0.109. The van der Waals surface area contributed by atoms with E-state index in [-0.39, 0.29) is 12.5 Å². The maximum absolute atomic E-state index is 11.9. The summed E-state index contributed by atoms with van der Waals surface area (Å²) in [5.41, 5.74) is 0.887. The second-order valence-corrected chi connectivity index (χ2v) is 4.39. The van der Waals surface area contributed by atoms with E-state index >= 15 is 0 Å². The monoisotopic (exact) mass is 264 g/mol. The van der Waals surface area contributed by atoms with Gasteiger partial charge in [0.2, 0.25) is 0 Å². The highest BCUT2D eigenvalue weighted by atomic mass is 16.5. The van der Waals surface area contributed by atoms with Crippen LogP contribution in [-0.4, -0.2) is 18.1 Å². The van der Waals surface area contributed by atoms with E-state index in [1.807, 2.05) is 30.3 Å². The van der Waals surface area contributed by atoms with Gasteiger partial charge in [0, 0.05) is 0 Å². The van der Waals surface area contributed by atoms with Crippen molar-refractivity contribution in [2.24, 2.45) is 5.92 Å². The predicted octanol–water partition coefficient (Wildman–Crippen LogP) is 2.27. The van der Waals surface area contributed by atoms with Crippen molar-refractivity contribution in [3.8, 4) is 0 Å². The average molecular weight is 264 g/mol. The number of hydrogen-bond acceptors (Lipinski definition) is 4. The molecule has 0 aliphatic carbocycles. The summed E-state index contributed by atoms with van der Waals surface area (Å²) in [4.78, 5) is 23.0. The van der Waals surface area contributed by atoms with E-state index in [4.69, 9.17) is 4.74 Å². The van der Waals surface area contributed by atoms with Crippen LogP contribution in [0.15, 0.2) is 30.3 Å². The smallest absolute Gasteiger partial charge is 0.407 e. The van der Waals surface area contributed by atoms with Crippen molar-refractivity contribution in [1.82, 2.24) is 5.32 Å². The maximum Gasteiger partial charge on any atom is 0.407 e. The number of amides is 1. The summed E-state index contributed by atoms with van der Waals surface area (Å²) < 4.78 is 9.40. The van der Waals surface area contributed by atoms with Gasteiger partial charge in [0.25, 0.3) is 0 Å². The molecule has 5 heteroatoms. The van der Waals surface area contributed by atoms with Crippen LogP contribution in [-0.2, 0) is 20.9 Å².